The molecule has 5 heteroatoms. The number of amides is 1. The quantitative estimate of drug-likeness (QED) is 0.786. The Hall–Kier alpha value is -1.10. The Bertz CT molecular complexity index is 402. The van der Waals surface area contributed by atoms with Crippen molar-refractivity contribution in [2.45, 2.75) is 33.2 Å². The summed E-state index contributed by atoms with van der Waals surface area (Å²) in [6.45, 7) is 8.42. The van der Waals surface area contributed by atoms with Gasteiger partial charge in [-0.25, -0.2) is 9.78 Å². The SMILES string of the molecule is CCN(C(=O)Oc1cccnc1Br)C(C)(C)C. The minimum absolute atomic E-state index is 0.263. The largest absolute Gasteiger partial charge is 0.415 e. The maximum atomic E-state index is 12.0. The highest BCUT2D eigenvalue weighted by Crippen LogP contribution is 2.23. The van der Waals surface area contributed by atoms with Crippen LogP contribution in [0.5, 0.6) is 5.75 Å². The van der Waals surface area contributed by atoms with Crippen LogP contribution < -0.4 is 4.74 Å². The molecule has 1 rings (SSSR count). The van der Waals surface area contributed by atoms with Crippen molar-refractivity contribution >= 4 is 22.0 Å². The molecule has 94 valence electrons. The van der Waals surface area contributed by atoms with Gasteiger partial charge in [-0.3, -0.25) is 0 Å². The zero-order valence-electron chi connectivity index (χ0n) is 10.5. The molecule has 0 aliphatic rings. The number of pyridine rings is 1. The normalized spacial score (nSPS) is 11.1. The Kier molecular flexibility index (Phi) is 4.51. The van der Waals surface area contributed by atoms with Gasteiger partial charge in [0.05, 0.1) is 0 Å². The van der Waals surface area contributed by atoms with E-state index in [9.17, 15) is 4.79 Å². The van der Waals surface area contributed by atoms with Crippen LogP contribution in [0.25, 0.3) is 0 Å². The lowest BCUT2D eigenvalue weighted by atomic mass is 10.1. The number of rotatable bonds is 2. The lowest BCUT2D eigenvalue weighted by molar-refractivity contribution is 0.110. The van der Waals surface area contributed by atoms with Gasteiger partial charge >= 0.3 is 6.09 Å². The van der Waals surface area contributed by atoms with E-state index in [2.05, 4.69) is 20.9 Å². The molecular weight excluding hydrogens is 284 g/mol. The van der Waals surface area contributed by atoms with Crippen LogP contribution in [0.3, 0.4) is 0 Å². The van der Waals surface area contributed by atoms with Gasteiger partial charge in [0.15, 0.2) is 5.75 Å². The van der Waals surface area contributed by atoms with E-state index in [0.29, 0.717) is 16.9 Å². The summed E-state index contributed by atoms with van der Waals surface area (Å²) in [7, 11) is 0. The molecule has 1 aromatic rings. The van der Waals surface area contributed by atoms with E-state index in [0.717, 1.165) is 0 Å². The highest BCUT2D eigenvalue weighted by atomic mass is 79.9. The first kappa shape index (κ1) is 14.0. The zero-order valence-corrected chi connectivity index (χ0v) is 12.1. The highest BCUT2D eigenvalue weighted by molar-refractivity contribution is 9.10. The smallest absolute Gasteiger partial charge is 0.407 e. The third-order valence-corrected chi connectivity index (χ3v) is 2.86. The molecule has 0 radical (unpaired) electrons. The molecular formula is C12H17BrN2O2. The molecule has 4 nitrogen and oxygen atoms in total. The van der Waals surface area contributed by atoms with E-state index in [-0.39, 0.29) is 11.6 Å². The second-order valence-electron chi connectivity index (χ2n) is 4.58. The second kappa shape index (κ2) is 5.49. The number of carbonyl (C=O) groups is 1. The Morgan fingerprint density at radius 2 is 2.18 bits per heavy atom. The van der Waals surface area contributed by atoms with Crippen LogP contribution in [0.1, 0.15) is 27.7 Å². The summed E-state index contributed by atoms with van der Waals surface area (Å²) in [5, 5.41) is 0. The predicted molar refractivity (Wildman–Crippen MR) is 70.1 cm³/mol. The number of aromatic nitrogens is 1. The van der Waals surface area contributed by atoms with Crippen molar-refractivity contribution in [3.63, 3.8) is 0 Å². The van der Waals surface area contributed by atoms with Crippen LogP contribution in [0.4, 0.5) is 4.79 Å². The molecule has 0 aliphatic heterocycles. The van der Waals surface area contributed by atoms with Crippen molar-refractivity contribution in [1.29, 1.82) is 0 Å². The molecule has 1 aromatic heterocycles. The molecule has 1 heterocycles. The zero-order chi connectivity index (χ0) is 13.1. The lowest BCUT2D eigenvalue weighted by Gasteiger charge is -2.33. The number of ether oxygens (including phenoxy) is 1. The number of hydrogen-bond acceptors (Lipinski definition) is 3. The summed E-state index contributed by atoms with van der Waals surface area (Å²) in [4.78, 5) is 17.7. The second-order valence-corrected chi connectivity index (χ2v) is 5.33. The number of nitrogens with zero attached hydrogens (tertiary/aromatic N) is 2. The van der Waals surface area contributed by atoms with Gasteiger partial charge in [0.1, 0.15) is 4.60 Å². The topological polar surface area (TPSA) is 42.4 Å². The van der Waals surface area contributed by atoms with Crippen molar-refractivity contribution in [3.05, 3.63) is 22.9 Å². The fourth-order valence-electron chi connectivity index (χ4n) is 1.47. The molecule has 0 bridgehead atoms. The van der Waals surface area contributed by atoms with Crippen molar-refractivity contribution in [2.75, 3.05) is 6.54 Å². The van der Waals surface area contributed by atoms with Crippen LogP contribution in [0.15, 0.2) is 22.9 Å². The van der Waals surface area contributed by atoms with Crippen molar-refractivity contribution < 1.29 is 9.53 Å². The first-order valence-electron chi connectivity index (χ1n) is 5.46. The Morgan fingerprint density at radius 3 is 2.65 bits per heavy atom. The van der Waals surface area contributed by atoms with Gasteiger partial charge in [0.2, 0.25) is 0 Å². The van der Waals surface area contributed by atoms with Crippen molar-refractivity contribution in [3.8, 4) is 5.75 Å². The average molecular weight is 301 g/mol. The molecule has 0 atom stereocenters. The van der Waals surface area contributed by atoms with Crippen LogP contribution in [0, 0.1) is 0 Å². The summed E-state index contributed by atoms with van der Waals surface area (Å²) in [6.07, 6.45) is 1.26. The molecule has 0 saturated heterocycles. The van der Waals surface area contributed by atoms with E-state index in [1.165, 1.54) is 0 Å². The van der Waals surface area contributed by atoms with Gasteiger partial charge in [-0.15, -0.1) is 0 Å². The maximum absolute atomic E-state index is 12.0. The average Bonchev–Trinajstić information content (AvgIpc) is 2.20. The molecule has 0 saturated carbocycles. The van der Waals surface area contributed by atoms with Crippen LogP contribution in [0.2, 0.25) is 0 Å². The van der Waals surface area contributed by atoms with Gasteiger partial charge in [-0.1, -0.05) is 0 Å². The minimum Gasteiger partial charge on any atom is -0.407 e. The maximum Gasteiger partial charge on any atom is 0.415 e. The highest BCUT2D eigenvalue weighted by Gasteiger charge is 2.26. The summed E-state index contributed by atoms with van der Waals surface area (Å²) < 4.78 is 5.83. The Morgan fingerprint density at radius 1 is 1.53 bits per heavy atom. The first-order chi connectivity index (χ1) is 7.86. The van der Waals surface area contributed by atoms with Gasteiger partial charge in [0, 0.05) is 18.3 Å². The monoisotopic (exact) mass is 300 g/mol. The third kappa shape index (κ3) is 3.70. The lowest BCUT2D eigenvalue weighted by Crippen LogP contribution is -2.46. The van der Waals surface area contributed by atoms with Crippen molar-refractivity contribution in [2.24, 2.45) is 0 Å². The van der Waals surface area contributed by atoms with E-state index < -0.39 is 0 Å². The number of hydrogen-bond donors (Lipinski definition) is 0. The first-order valence-corrected chi connectivity index (χ1v) is 6.25. The number of carbonyl (C=O) groups excluding carboxylic acids is 1. The van der Waals surface area contributed by atoms with Gasteiger partial charge < -0.3 is 9.64 Å². The molecule has 0 spiro atoms. The molecule has 0 aliphatic carbocycles. The van der Waals surface area contributed by atoms with Crippen LogP contribution in [-0.2, 0) is 0 Å². The van der Waals surface area contributed by atoms with Crippen LogP contribution in [-0.4, -0.2) is 28.1 Å². The summed E-state index contributed by atoms with van der Waals surface area (Å²) in [6, 6.07) is 3.42. The van der Waals surface area contributed by atoms with Gasteiger partial charge in [-0.05, 0) is 55.8 Å². The molecule has 0 N–H and O–H groups in total. The van der Waals surface area contributed by atoms with E-state index in [1.807, 2.05) is 27.7 Å². The minimum atomic E-state index is -0.367. The van der Waals surface area contributed by atoms with E-state index >= 15 is 0 Å². The van der Waals surface area contributed by atoms with Crippen LogP contribution >= 0.6 is 15.9 Å². The Labute approximate surface area is 110 Å². The van der Waals surface area contributed by atoms with Gasteiger partial charge in [-0.2, -0.15) is 0 Å². The standard InChI is InChI=1S/C12H17BrN2O2/c1-5-15(12(2,3)4)11(16)17-9-7-6-8-14-10(9)13/h6-8H,5H2,1-4H3. The Balaban J connectivity index is 2.82. The van der Waals surface area contributed by atoms with E-state index in [4.69, 9.17) is 4.74 Å². The van der Waals surface area contributed by atoms with Crippen molar-refractivity contribution in [1.82, 2.24) is 9.88 Å². The summed E-state index contributed by atoms with van der Waals surface area (Å²) in [5.41, 5.74) is -0.263. The molecule has 0 fully saturated rings. The fraction of sp³-hybridized carbons (Fsp3) is 0.500. The molecule has 0 unspecified atom stereocenters. The predicted octanol–water partition coefficient (Wildman–Crippen LogP) is 3.46. The summed E-state index contributed by atoms with van der Waals surface area (Å²) >= 11 is 3.24. The molecule has 1 amide bonds. The molecule has 17 heavy (non-hydrogen) atoms. The molecule has 0 aromatic carbocycles. The van der Waals surface area contributed by atoms with Gasteiger partial charge in [0.25, 0.3) is 0 Å². The number of halogens is 1. The van der Waals surface area contributed by atoms with E-state index in [1.54, 1.807) is 23.2 Å². The summed E-state index contributed by atoms with van der Waals surface area (Å²) in [5.74, 6) is 0.431. The fourth-order valence-corrected chi connectivity index (χ4v) is 1.81. The third-order valence-electron chi connectivity index (χ3n) is 2.27.